The summed E-state index contributed by atoms with van der Waals surface area (Å²) in [5, 5.41) is 5.93. The first-order valence-corrected chi connectivity index (χ1v) is 8.54. The van der Waals surface area contributed by atoms with Crippen molar-refractivity contribution >= 4 is 11.3 Å². The fourth-order valence-electron chi connectivity index (χ4n) is 2.80. The first kappa shape index (κ1) is 15.0. The van der Waals surface area contributed by atoms with Crippen molar-refractivity contribution < 1.29 is 0 Å². The topological polar surface area (TPSA) is 15.3 Å². The largest absolute Gasteiger partial charge is 0.308 e. The number of hydrogen-bond donors (Lipinski definition) is 1. The molecule has 2 rings (SSSR count). The highest BCUT2D eigenvalue weighted by atomic mass is 32.1. The quantitative estimate of drug-likeness (QED) is 0.853. The molecule has 1 atom stereocenters. The Balaban J connectivity index is 1.74. The van der Waals surface area contributed by atoms with Crippen molar-refractivity contribution in [1.82, 2.24) is 10.2 Å². The van der Waals surface area contributed by atoms with Crippen LogP contribution in [0, 0.1) is 11.8 Å². The van der Waals surface area contributed by atoms with Crippen LogP contribution in [0.2, 0.25) is 0 Å². The average molecular weight is 280 g/mol. The molecule has 0 radical (unpaired) electrons. The van der Waals surface area contributed by atoms with E-state index in [4.69, 9.17) is 0 Å². The number of thiophene rings is 1. The molecular formula is C16H28N2S. The highest BCUT2D eigenvalue weighted by Gasteiger charge is 2.18. The lowest BCUT2D eigenvalue weighted by molar-refractivity contribution is 0.189. The van der Waals surface area contributed by atoms with Gasteiger partial charge in [-0.05, 0) is 49.2 Å². The summed E-state index contributed by atoms with van der Waals surface area (Å²) in [6.07, 6.45) is 2.75. The molecular weight excluding hydrogens is 252 g/mol. The third-order valence-electron chi connectivity index (χ3n) is 4.18. The molecule has 1 fully saturated rings. The fourth-order valence-corrected chi connectivity index (χ4v) is 3.77. The van der Waals surface area contributed by atoms with Gasteiger partial charge in [-0.1, -0.05) is 26.8 Å². The first-order chi connectivity index (χ1) is 9.16. The summed E-state index contributed by atoms with van der Waals surface area (Å²) >= 11 is 1.87. The van der Waals surface area contributed by atoms with Crippen LogP contribution >= 0.6 is 11.3 Å². The lowest BCUT2D eigenvalue weighted by atomic mass is 9.99. The van der Waals surface area contributed by atoms with Crippen LogP contribution in [0.3, 0.4) is 0 Å². The Morgan fingerprint density at radius 1 is 1.37 bits per heavy atom. The molecule has 19 heavy (non-hydrogen) atoms. The van der Waals surface area contributed by atoms with Gasteiger partial charge in [0.25, 0.3) is 0 Å². The van der Waals surface area contributed by atoms with Gasteiger partial charge >= 0.3 is 0 Å². The van der Waals surface area contributed by atoms with Gasteiger partial charge in [0.2, 0.25) is 0 Å². The second-order valence-electron chi connectivity index (χ2n) is 6.22. The molecule has 0 amide bonds. The average Bonchev–Trinajstić information content (AvgIpc) is 2.90. The van der Waals surface area contributed by atoms with Gasteiger partial charge < -0.3 is 10.2 Å². The molecule has 108 valence electrons. The molecule has 0 bridgehead atoms. The van der Waals surface area contributed by atoms with Gasteiger partial charge in [0.1, 0.15) is 0 Å². The number of rotatable bonds is 6. The van der Waals surface area contributed by atoms with Crippen molar-refractivity contribution in [3.63, 3.8) is 0 Å². The van der Waals surface area contributed by atoms with Crippen LogP contribution in [-0.4, -0.2) is 31.1 Å². The van der Waals surface area contributed by atoms with Crippen LogP contribution in [0.15, 0.2) is 17.5 Å². The zero-order valence-corrected chi connectivity index (χ0v) is 13.4. The molecule has 1 N–H and O–H groups in total. The van der Waals surface area contributed by atoms with Gasteiger partial charge in [0.15, 0.2) is 0 Å². The van der Waals surface area contributed by atoms with E-state index in [1.54, 1.807) is 0 Å². The van der Waals surface area contributed by atoms with Crippen LogP contribution in [0.5, 0.6) is 0 Å². The van der Waals surface area contributed by atoms with Crippen molar-refractivity contribution in [3.8, 4) is 0 Å². The molecule has 2 nitrogen and oxygen atoms in total. The van der Waals surface area contributed by atoms with Crippen LogP contribution < -0.4 is 5.32 Å². The summed E-state index contributed by atoms with van der Waals surface area (Å²) in [7, 11) is 0. The molecule has 1 aromatic rings. The van der Waals surface area contributed by atoms with E-state index in [9.17, 15) is 0 Å². The SMILES string of the molecule is CC1CCN(CCNC(c2cccs2)C(C)C)CC1. The monoisotopic (exact) mass is 280 g/mol. The zero-order chi connectivity index (χ0) is 13.7. The number of likely N-dealkylation sites (tertiary alicyclic amines) is 1. The minimum absolute atomic E-state index is 0.517. The van der Waals surface area contributed by atoms with E-state index in [0.29, 0.717) is 12.0 Å². The van der Waals surface area contributed by atoms with E-state index in [-0.39, 0.29) is 0 Å². The van der Waals surface area contributed by atoms with Crippen molar-refractivity contribution in [2.24, 2.45) is 11.8 Å². The van der Waals surface area contributed by atoms with Crippen LogP contribution in [0.4, 0.5) is 0 Å². The van der Waals surface area contributed by atoms with Gasteiger partial charge in [-0.15, -0.1) is 11.3 Å². The fraction of sp³-hybridized carbons (Fsp3) is 0.750. The lowest BCUT2D eigenvalue weighted by Crippen LogP contribution is -2.39. The van der Waals surface area contributed by atoms with E-state index in [1.807, 2.05) is 11.3 Å². The molecule has 1 aliphatic heterocycles. The smallest absolute Gasteiger partial charge is 0.0438 e. The van der Waals surface area contributed by atoms with Gasteiger partial charge in [-0.3, -0.25) is 0 Å². The number of nitrogens with zero attached hydrogens (tertiary/aromatic N) is 1. The van der Waals surface area contributed by atoms with E-state index < -0.39 is 0 Å². The Labute approximate surface area is 122 Å². The molecule has 1 saturated heterocycles. The Morgan fingerprint density at radius 3 is 2.68 bits per heavy atom. The maximum Gasteiger partial charge on any atom is 0.0438 e. The molecule has 1 aromatic heterocycles. The third-order valence-corrected chi connectivity index (χ3v) is 5.14. The second-order valence-corrected chi connectivity index (χ2v) is 7.19. The highest BCUT2D eigenvalue weighted by molar-refractivity contribution is 7.10. The predicted octanol–water partition coefficient (Wildman–Crippen LogP) is 3.77. The lowest BCUT2D eigenvalue weighted by Gasteiger charge is -2.31. The van der Waals surface area contributed by atoms with Crippen LogP contribution in [-0.2, 0) is 0 Å². The Bertz CT molecular complexity index is 340. The maximum atomic E-state index is 3.75. The van der Waals surface area contributed by atoms with E-state index in [2.05, 4.69) is 48.5 Å². The van der Waals surface area contributed by atoms with E-state index in [0.717, 1.165) is 12.5 Å². The number of nitrogens with one attached hydrogen (secondary N) is 1. The maximum absolute atomic E-state index is 3.75. The van der Waals surface area contributed by atoms with E-state index >= 15 is 0 Å². The summed E-state index contributed by atoms with van der Waals surface area (Å²) in [6, 6.07) is 4.93. The zero-order valence-electron chi connectivity index (χ0n) is 12.6. The molecule has 0 spiro atoms. The summed E-state index contributed by atoms with van der Waals surface area (Å²) in [4.78, 5) is 4.08. The summed E-state index contributed by atoms with van der Waals surface area (Å²) in [6.45, 7) is 11.9. The van der Waals surface area contributed by atoms with Gasteiger partial charge in [0.05, 0.1) is 0 Å². The van der Waals surface area contributed by atoms with Crippen molar-refractivity contribution in [2.45, 2.75) is 39.7 Å². The van der Waals surface area contributed by atoms with Crippen LogP contribution in [0.1, 0.15) is 44.5 Å². The second kappa shape index (κ2) is 7.41. The van der Waals surface area contributed by atoms with Gasteiger partial charge in [-0.2, -0.15) is 0 Å². The van der Waals surface area contributed by atoms with Gasteiger partial charge in [0, 0.05) is 24.0 Å². The molecule has 1 unspecified atom stereocenters. The molecule has 0 aliphatic carbocycles. The van der Waals surface area contributed by atoms with Gasteiger partial charge in [-0.25, -0.2) is 0 Å². The molecule has 0 saturated carbocycles. The van der Waals surface area contributed by atoms with Crippen molar-refractivity contribution in [3.05, 3.63) is 22.4 Å². The standard InChI is InChI=1S/C16H28N2S/c1-13(2)16(15-5-4-12-19-15)17-8-11-18-9-6-14(3)7-10-18/h4-5,12-14,16-17H,6-11H2,1-3H3. The minimum atomic E-state index is 0.517. The normalized spacial score (nSPS) is 20.0. The summed E-state index contributed by atoms with van der Waals surface area (Å²) < 4.78 is 0. The number of piperidine rings is 1. The van der Waals surface area contributed by atoms with Crippen molar-refractivity contribution in [1.29, 1.82) is 0 Å². The minimum Gasteiger partial charge on any atom is -0.308 e. The van der Waals surface area contributed by atoms with E-state index in [1.165, 1.54) is 37.4 Å². The Morgan fingerprint density at radius 2 is 2.11 bits per heavy atom. The first-order valence-electron chi connectivity index (χ1n) is 7.66. The predicted molar refractivity (Wildman–Crippen MR) is 84.7 cm³/mol. The number of hydrogen-bond acceptors (Lipinski definition) is 3. The molecule has 1 aliphatic rings. The third kappa shape index (κ3) is 4.59. The van der Waals surface area contributed by atoms with Crippen LogP contribution in [0.25, 0.3) is 0 Å². The summed E-state index contributed by atoms with van der Waals surface area (Å²) in [5.74, 6) is 1.58. The Hall–Kier alpha value is -0.380. The molecule has 3 heteroatoms. The van der Waals surface area contributed by atoms with Crippen molar-refractivity contribution in [2.75, 3.05) is 26.2 Å². The highest BCUT2D eigenvalue weighted by Crippen LogP contribution is 2.25. The Kier molecular flexibility index (Phi) is 5.86. The molecule has 0 aromatic carbocycles. The molecule has 2 heterocycles. The summed E-state index contributed by atoms with van der Waals surface area (Å²) in [5.41, 5.74) is 0.